The molecular formula is C19H23ClN2O2. The van der Waals surface area contributed by atoms with Gasteiger partial charge < -0.3 is 15.0 Å². The van der Waals surface area contributed by atoms with Gasteiger partial charge in [0, 0.05) is 17.6 Å². The van der Waals surface area contributed by atoms with Crippen LogP contribution in [0, 0.1) is 0 Å². The molecule has 0 unspecified atom stereocenters. The van der Waals surface area contributed by atoms with E-state index in [0.29, 0.717) is 23.9 Å². The number of hydrogen-bond donors (Lipinski definition) is 1. The second kappa shape index (κ2) is 9.30. The highest BCUT2D eigenvalue weighted by atomic mass is 35.5. The van der Waals surface area contributed by atoms with Gasteiger partial charge in [0.2, 0.25) is 0 Å². The van der Waals surface area contributed by atoms with Crippen molar-refractivity contribution in [1.29, 1.82) is 0 Å². The van der Waals surface area contributed by atoms with Gasteiger partial charge in [-0.05, 0) is 49.8 Å². The normalized spacial score (nSPS) is 10.5. The average molecular weight is 347 g/mol. The largest absolute Gasteiger partial charge is 0.492 e. The third-order valence-corrected chi connectivity index (χ3v) is 3.97. The first-order valence-electron chi connectivity index (χ1n) is 7.98. The Labute approximate surface area is 148 Å². The number of hydrogen-bond acceptors (Lipinski definition) is 3. The van der Waals surface area contributed by atoms with Gasteiger partial charge in [-0.25, -0.2) is 0 Å². The number of benzene rings is 2. The third kappa shape index (κ3) is 5.25. The molecule has 2 rings (SSSR count). The number of nitrogens with zero attached hydrogens (tertiary/aromatic N) is 1. The standard InChI is InChI=1S/C19H23ClN2O2/c1-21-11-10-15-6-3-4-9-18(15)19(23)22(2)12-13-24-17-8-5-7-16(20)14-17/h3-9,14,21H,10-13H2,1-2H3. The lowest BCUT2D eigenvalue weighted by atomic mass is 10.0. The molecular weight excluding hydrogens is 324 g/mol. The summed E-state index contributed by atoms with van der Waals surface area (Å²) >= 11 is 5.93. The van der Waals surface area contributed by atoms with E-state index in [0.717, 1.165) is 24.1 Å². The minimum Gasteiger partial charge on any atom is -0.492 e. The number of carbonyl (C=O) groups is 1. The molecule has 0 saturated carbocycles. The lowest BCUT2D eigenvalue weighted by Gasteiger charge is -2.19. The Bertz CT molecular complexity index is 676. The van der Waals surface area contributed by atoms with Crippen molar-refractivity contribution in [2.24, 2.45) is 0 Å². The zero-order chi connectivity index (χ0) is 17.4. The Morgan fingerprint density at radius 1 is 1.21 bits per heavy atom. The highest BCUT2D eigenvalue weighted by Gasteiger charge is 2.15. The van der Waals surface area contributed by atoms with Gasteiger partial charge in [0.25, 0.3) is 5.91 Å². The van der Waals surface area contributed by atoms with Crippen LogP contribution in [-0.2, 0) is 6.42 Å². The van der Waals surface area contributed by atoms with E-state index in [1.54, 1.807) is 24.1 Å². The van der Waals surface area contributed by atoms with Crippen LogP contribution in [0.2, 0.25) is 5.02 Å². The second-order valence-corrected chi connectivity index (χ2v) is 5.98. The fraction of sp³-hybridized carbons (Fsp3) is 0.316. The number of halogens is 1. The summed E-state index contributed by atoms with van der Waals surface area (Å²) in [6.45, 7) is 1.76. The molecule has 1 N–H and O–H groups in total. The molecule has 0 aliphatic carbocycles. The molecule has 0 radical (unpaired) electrons. The van der Waals surface area contributed by atoms with E-state index in [-0.39, 0.29) is 5.91 Å². The summed E-state index contributed by atoms with van der Waals surface area (Å²) in [5, 5.41) is 3.75. The van der Waals surface area contributed by atoms with Crippen molar-refractivity contribution in [2.45, 2.75) is 6.42 Å². The van der Waals surface area contributed by atoms with Crippen molar-refractivity contribution in [3.8, 4) is 5.75 Å². The first-order valence-corrected chi connectivity index (χ1v) is 8.36. The predicted octanol–water partition coefficient (Wildman–Crippen LogP) is 3.25. The maximum Gasteiger partial charge on any atom is 0.253 e. The van der Waals surface area contributed by atoms with Gasteiger partial charge in [0.1, 0.15) is 12.4 Å². The van der Waals surface area contributed by atoms with Gasteiger partial charge in [-0.15, -0.1) is 0 Å². The summed E-state index contributed by atoms with van der Waals surface area (Å²) in [6.07, 6.45) is 0.825. The Kier molecular flexibility index (Phi) is 7.09. The highest BCUT2D eigenvalue weighted by molar-refractivity contribution is 6.30. The van der Waals surface area contributed by atoms with Crippen molar-refractivity contribution in [1.82, 2.24) is 10.2 Å². The monoisotopic (exact) mass is 346 g/mol. The number of nitrogens with one attached hydrogen (secondary N) is 1. The van der Waals surface area contributed by atoms with Gasteiger partial charge in [0.05, 0.1) is 6.54 Å². The smallest absolute Gasteiger partial charge is 0.253 e. The Hall–Kier alpha value is -2.04. The maximum absolute atomic E-state index is 12.7. The Morgan fingerprint density at radius 3 is 2.75 bits per heavy atom. The molecule has 128 valence electrons. The van der Waals surface area contributed by atoms with E-state index in [1.165, 1.54) is 0 Å². The van der Waals surface area contributed by atoms with Crippen molar-refractivity contribution in [3.63, 3.8) is 0 Å². The van der Waals surface area contributed by atoms with Crippen molar-refractivity contribution < 1.29 is 9.53 Å². The summed E-state index contributed by atoms with van der Waals surface area (Å²) in [7, 11) is 3.70. The van der Waals surface area contributed by atoms with E-state index in [2.05, 4.69) is 5.32 Å². The number of carbonyl (C=O) groups excluding carboxylic acids is 1. The Morgan fingerprint density at radius 2 is 2.00 bits per heavy atom. The van der Waals surface area contributed by atoms with E-state index < -0.39 is 0 Å². The van der Waals surface area contributed by atoms with E-state index in [4.69, 9.17) is 16.3 Å². The molecule has 24 heavy (non-hydrogen) atoms. The number of amides is 1. The molecule has 0 atom stereocenters. The van der Waals surface area contributed by atoms with Crippen molar-refractivity contribution in [3.05, 3.63) is 64.7 Å². The van der Waals surface area contributed by atoms with Gasteiger partial charge in [-0.3, -0.25) is 4.79 Å². The van der Waals surface area contributed by atoms with Gasteiger partial charge >= 0.3 is 0 Å². The van der Waals surface area contributed by atoms with Crippen molar-refractivity contribution >= 4 is 17.5 Å². The minimum absolute atomic E-state index is 0.0106. The van der Waals surface area contributed by atoms with E-state index in [9.17, 15) is 4.79 Å². The topological polar surface area (TPSA) is 41.6 Å². The summed E-state index contributed by atoms with van der Waals surface area (Å²) in [6, 6.07) is 15.0. The van der Waals surface area contributed by atoms with Crippen LogP contribution < -0.4 is 10.1 Å². The molecule has 5 heteroatoms. The summed E-state index contributed by atoms with van der Waals surface area (Å²) < 4.78 is 5.65. The zero-order valence-electron chi connectivity index (χ0n) is 14.1. The molecule has 4 nitrogen and oxygen atoms in total. The fourth-order valence-corrected chi connectivity index (χ4v) is 2.55. The molecule has 0 saturated heterocycles. The summed E-state index contributed by atoms with van der Waals surface area (Å²) in [4.78, 5) is 14.3. The van der Waals surface area contributed by atoms with E-state index >= 15 is 0 Å². The molecule has 0 aromatic heterocycles. The molecule has 0 aliphatic rings. The van der Waals surface area contributed by atoms with Crippen LogP contribution in [0.5, 0.6) is 5.75 Å². The molecule has 2 aromatic carbocycles. The van der Waals surface area contributed by atoms with Gasteiger partial charge in [0.15, 0.2) is 0 Å². The second-order valence-electron chi connectivity index (χ2n) is 5.54. The fourth-order valence-electron chi connectivity index (χ4n) is 2.37. The molecule has 0 fully saturated rings. The van der Waals surface area contributed by atoms with Crippen LogP contribution in [0.15, 0.2) is 48.5 Å². The summed E-state index contributed by atoms with van der Waals surface area (Å²) in [5.41, 5.74) is 1.80. The molecule has 1 amide bonds. The molecule has 0 bridgehead atoms. The quantitative estimate of drug-likeness (QED) is 0.797. The van der Waals surface area contributed by atoms with Gasteiger partial charge in [-0.1, -0.05) is 35.9 Å². The van der Waals surface area contributed by atoms with Crippen LogP contribution in [-0.4, -0.2) is 44.6 Å². The molecule has 0 heterocycles. The molecule has 0 aliphatic heterocycles. The zero-order valence-corrected chi connectivity index (χ0v) is 14.8. The molecule has 0 spiro atoms. The maximum atomic E-state index is 12.7. The van der Waals surface area contributed by atoms with Crippen LogP contribution >= 0.6 is 11.6 Å². The Balaban J connectivity index is 1.92. The first kappa shape index (κ1) is 18.3. The predicted molar refractivity (Wildman–Crippen MR) is 98.0 cm³/mol. The van der Waals surface area contributed by atoms with Crippen LogP contribution in [0.3, 0.4) is 0 Å². The number of ether oxygens (including phenoxy) is 1. The third-order valence-electron chi connectivity index (χ3n) is 3.73. The summed E-state index contributed by atoms with van der Waals surface area (Å²) in [5.74, 6) is 0.717. The lowest BCUT2D eigenvalue weighted by Crippen LogP contribution is -2.31. The van der Waals surface area contributed by atoms with Crippen molar-refractivity contribution in [2.75, 3.05) is 33.8 Å². The van der Waals surface area contributed by atoms with Crippen LogP contribution in [0.4, 0.5) is 0 Å². The van der Waals surface area contributed by atoms with Crippen LogP contribution in [0.1, 0.15) is 15.9 Å². The SMILES string of the molecule is CNCCc1ccccc1C(=O)N(C)CCOc1cccc(Cl)c1. The van der Waals surface area contributed by atoms with Crippen LogP contribution in [0.25, 0.3) is 0 Å². The lowest BCUT2D eigenvalue weighted by molar-refractivity contribution is 0.0772. The van der Waals surface area contributed by atoms with E-state index in [1.807, 2.05) is 43.4 Å². The average Bonchev–Trinajstić information content (AvgIpc) is 2.59. The minimum atomic E-state index is 0.0106. The highest BCUT2D eigenvalue weighted by Crippen LogP contribution is 2.17. The van der Waals surface area contributed by atoms with Gasteiger partial charge in [-0.2, -0.15) is 0 Å². The molecule has 2 aromatic rings. The first-order chi connectivity index (χ1) is 11.6. The number of likely N-dealkylation sites (N-methyl/N-ethyl adjacent to an activating group) is 2. The number of rotatable bonds is 8.